The second-order valence-electron chi connectivity index (χ2n) is 7.43. The minimum absolute atomic E-state index is 0.0211. The molecule has 2 heterocycles. The van der Waals surface area contributed by atoms with Crippen LogP contribution in [0.1, 0.15) is 36.3 Å². The van der Waals surface area contributed by atoms with Gasteiger partial charge in [0, 0.05) is 48.2 Å². The fourth-order valence-electron chi connectivity index (χ4n) is 3.61. The summed E-state index contributed by atoms with van der Waals surface area (Å²) < 4.78 is 0. The number of benzene rings is 2. The lowest BCUT2D eigenvalue weighted by Crippen LogP contribution is -2.50. The van der Waals surface area contributed by atoms with E-state index in [1.807, 2.05) is 25.1 Å². The highest BCUT2D eigenvalue weighted by molar-refractivity contribution is 7.13. The standard InChI is InChI=1S/C23H21Cl2N3O2S/c1-15-21(31-20(26-15)11-16-5-3-2-4-6-16)23(30)28-9-7-27(8-10-28)22(29)17-12-18(24)14-19(25)13-17/h2-6,12-14H,7-11H2,1H3. The summed E-state index contributed by atoms with van der Waals surface area (Å²) in [5.74, 6) is -0.150. The number of piperazine rings is 1. The van der Waals surface area contributed by atoms with Crippen LogP contribution in [0, 0.1) is 6.92 Å². The Hall–Kier alpha value is -2.41. The molecule has 1 fully saturated rings. The Bertz CT molecular complexity index is 1090. The van der Waals surface area contributed by atoms with Crippen LogP contribution in [-0.4, -0.2) is 52.8 Å². The van der Waals surface area contributed by atoms with Crippen molar-refractivity contribution in [2.24, 2.45) is 0 Å². The zero-order chi connectivity index (χ0) is 22.0. The van der Waals surface area contributed by atoms with Crippen LogP contribution in [0.15, 0.2) is 48.5 Å². The maximum atomic E-state index is 13.1. The van der Waals surface area contributed by atoms with Crippen molar-refractivity contribution in [1.82, 2.24) is 14.8 Å². The molecular weight excluding hydrogens is 453 g/mol. The Labute approximate surface area is 195 Å². The number of halogens is 2. The van der Waals surface area contributed by atoms with Gasteiger partial charge in [-0.25, -0.2) is 4.98 Å². The van der Waals surface area contributed by atoms with Gasteiger partial charge in [0.15, 0.2) is 0 Å². The number of hydrogen-bond acceptors (Lipinski definition) is 4. The highest BCUT2D eigenvalue weighted by atomic mass is 35.5. The van der Waals surface area contributed by atoms with Crippen molar-refractivity contribution in [3.05, 3.63) is 85.3 Å². The van der Waals surface area contributed by atoms with Gasteiger partial charge in [0.1, 0.15) is 4.88 Å². The summed E-state index contributed by atoms with van der Waals surface area (Å²) in [6.07, 6.45) is 0.712. The normalized spacial score (nSPS) is 14.0. The lowest BCUT2D eigenvalue weighted by Gasteiger charge is -2.34. The van der Waals surface area contributed by atoms with Crippen molar-refractivity contribution in [1.29, 1.82) is 0 Å². The van der Waals surface area contributed by atoms with E-state index in [1.54, 1.807) is 28.0 Å². The molecular formula is C23H21Cl2N3O2S. The molecule has 8 heteroatoms. The SMILES string of the molecule is Cc1nc(Cc2ccccc2)sc1C(=O)N1CCN(C(=O)c2cc(Cl)cc(Cl)c2)CC1. The van der Waals surface area contributed by atoms with Crippen LogP contribution in [-0.2, 0) is 6.42 Å². The number of thiazole rings is 1. The molecule has 0 spiro atoms. The van der Waals surface area contributed by atoms with E-state index in [2.05, 4.69) is 17.1 Å². The molecule has 0 aliphatic carbocycles. The van der Waals surface area contributed by atoms with Gasteiger partial charge in [-0.05, 0) is 30.7 Å². The van der Waals surface area contributed by atoms with E-state index in [4.69, 9.17) is 23.2 Å². The fraction of sp³-hybridized carbons (Fsp3) is 0.261. The number of amides is 2. The van der Waals surface area contributed by atoms with Gasteiger partial charge in [0.05, 0.1) is 10.7 Å². The third-order valence-electron chi connectivity index (χ3n) is 5.20. The fourth-order valence-corrected chi connectivity index (χ4v) is 5.21. The summed E-state index contributed by atoms with van der Waals surface area (Å²) >= 11 is 13.5. The van der Waals surface area contributed by atoms with Crippen LogP contribution >= 0.6 is 34.5 Å². The average molecular weight is 474 g/mol. The first kappa shape index (κ1) is 21.8. The molecule has 0 unspecified atom stereocenters. The van der Waals surface area contributed by atoms with E-state index in [0.29, 0.717) is 53.1 Å². The average Bonchev–Trinajstić information content (AvgIpc) is 3.12. The van der Waals surface area contributed by atoms with E-state index < -0.39 is 0 Å². The lowest BCUT2D eigenvalue weighted by atomic mass is 10.1. The largest absolute Gasteiger partial charge is 0.335 e. The van der Waals surface area contributed by atoms with E-state index in [1.165, 1.54) is 16.9 Å². The van der Waals surface area contributed by atoms with Crippen LogP contribution in [0.4, 0.5) is 0 Å². The monoisotopic (exact) mass is 473 g/mol. The molecule has 0 N–H and O–H groups in total. The van der Waals surface area contributed by atoms with Crippen molar-refractivity contribution in [2.45, 2.75) is 13.3 Å². The summed E-state index contributed by atoms with van der Waals surface area (Å²) in [5.41, 5.74) is 2.39. The van der Waals surface area contributed by atoms with Gasteiger partial charge in [-0.2, -0.15) is 0 Å². The second-order valence-corrected chi connectivity index (χ2v) is 9.38. The topological polar surface area (TPSA) is 53.5 Å². The minimum atomic E-state index is -0.129. The first-order chi connectivity index (χ1) is 14.9. The summed E-state index contributed by atoms with van der Waals surface area (Å²) in [5, 5.41) is 1.78. The molecule has 5 nitrogen and oxygen atoms in total. The number of hydrogen-bond donors (Lipinski definition) is 0. The van der Waals surface area contributed by atoms with Crippen molar-refractivity contribution in [3.63, 3.8) is 0 Å². The smallest absolute Gasteiger partial charge is 0.265 e. The summed E-state index contributed by atoms with van der Waals surface area (Å²) in [6, 6.07) is 14.9. The molecule has 2 amide bonds. The number of aryl methyl sites for hydroxylation is 1. The molecule has 31 heavy (non-hydrogen) atoms. The predicted molar refractivity (Wildman–Crippen MR) is 124 cm³/mol. The van der Waals surface area contributed by atoms with Gasteiger partial charge in [-0.3, -0.25) is 9.59 Å². The lowest BCUT2D eigenvalue weighted by molar-refractivity contribution is 0.0537. The van der Waals surface area contributed by atoms with E-state index in [9.17, 15) is 9.59 Å². The first-order valence-corrected chi connectivity index (χ1v) is 11.5. The molecule has 1 aromatic heterocycles. The van der Waals surface area contributed by atoms with Gasteiger partial charge in [0.2, 0.25) is 0 Å². The van der Waals surface area contributed by atoms with Crippen LogP contribution in [0.5, 0.6) is 0 Å². The highest BCUT2D eigenvalue weighted by Gasteiger charge is 2.28. The molecule has 1 aliphatic heterocycles. The number of aromatic nitrogens is 1. The third-order valence-corrected chi connectivity index (χ3v) is 6.78. The number of nitrogens with zero attached hydrogens (tertiary/aromatic N) is 3. The molecule has 2 aromatic carbocycles. The zero-order valence-corrected chi connectivity index (χ0v) is 19.3. The molecule has 0 saturated carbocycles. The van der Waals surface area contributed by atoms with Crippen LogP contribution in [0.25, 0.3) is 0 Å². The van der Waals surface area contributed by atoms with E-state index in [-0.39, 0.29) is 11.8 Å². The molecule has 0 bridgehead atoms. The van der Waals surface area contributed by atoms with Gasteiger partial charge < -0.3 is 9.80 Å². The molecule has 1 saturated heterocycles. The van der Waals surface area contributed by atoms with Crippen LogP contribution < -0.4 is 0 Å². The number of carbonyl (C=O) groups excluding carboxylic acids is 2. The maximum absolute atomic E-state index is 13.1. The highest BCUT2D eigenvalue weighted by Crippen LogP contribution is 2.24. The summed E-state index contributed by atoms with van der Waals surface area (Å²) in [4.78, 5) is 34.7. The predicted octanol–water partition coefficient (Wildman–Crippen LogP) is 4.95. The van der Waals surface area contributed by atoms with Gasteiger partial charge >= 0.3 is 0 Å². The van der Waals surface area contributed by atoms with E-state index >= 15 is 0 Å². The van der Waals surface area contributed by atoms with Crippen molar-refractivity contribution in [3.8, 4) is 0 Å². The molecule has 4 rings (SSSR count). The van der Waals surface area contributed by atoms with Gasteiger partial charge in [0.25, 0.3) is 11.8 Å². The van der Waals surface area contributed by atoms with Crippen LogP contribution in [0.3, 0.4) is 0 Å². The Kier molecular flexibility index (Phi) is 6.60. The Morgan fingerprint density at radius 1 is 0.935 bits per heavy atom. The van der Waals surface area contributed by atoms with Gasteiger partial charge in [-0.1, -0.05) is 53.5 Å². The Morgan fingerprint density at radius 3 is 2.13 bits per heavy atom. The molecule has 3 aromatic rings. The van der Waals surface area contributed by atoms with E-state index in [0.717, 1.165) is 10.7 Å². The van der Waals surface area contributed by atoms with Crippen LogP contribution in [0.2, 0.25) is 10.0 Å². The first-order valence-electron chi connectivity index (χ1n) is 9.95. The van der Waals surface area contributed by atoms with Crippen molar-refractivity contribution >= 4 is 46.4 Å². The quantitative estimate of drug-likeness (QED) is 0.538. The van der Waals surface area contributed by atoms with Crippen molar-refractivity contribution < 1.29 is 9.59 Å². The van der Waals surface area contributed by atoms with Crippen molar-refractivity contribution in [2.75, 3.05) is 26.2 Å². The van der Waals surface area contributed by atoms with Gasteiger partial charge in [-0.15, -0.1) is 11.3 Å². The maximum Gasteiger partial charge on any atom is 0.265 e. The summed E-state index contributed by atoms with van der Waals surface area (Å²) in [6.45, 7) is 3.75. The third kappa shape index (κ3) is 5.09. The number of carbonyl (C=O) groups is 2. The Balaban J connectivity index is 1.40. The molecule has 0 radical (unpaired) electrons. The molecule has 1 aliphatic rings. The minimum Gasteiger partial charge on any atom is -0.335 e. The second kappa shape index (κ2) is 9.39. The summed E-state index contributed by atoms with van der Waals surface area (Å²) in [7, 11) is 0. The molecule has 160 valence electrons. The zero-order valence-electron chi connectivity index (χ0n) is 17.0. The molecule has 0 atom stereocenters. The Morgan fingerprint density at radius 2 is 1.52 bits per heavy atom. The number of rotatable bonds is 4.